The highest BCUT2D eigenvalue weighted by Crippen LogP contribution is 2.27. The van der Waals surface area contributed by atoms with Gasteiger partial charge in [0.1, 0.15) is 18.4 Å². The van der Waals surface area contributed by atoms with E-state index in [4.69, 9.17) is 9.94 Å². The highest BCUT2D eigenvalue weighted by atomic mass is 16.5. The second kappa shape index (κ2) is 10.5. The van der Waals surface area contributed by atoms with E-state index < -0.39 is 24.0 Å². The number of ether oxygens (including phenoxy) is 1. The molecule has 5 N–H and O–H groups in total. The van der Waals surface area contributed by atoms with Crippen molar-refractivity contribution in [2.45, 2.75) is 31.7 Å². The van der Waals surface area contributed by atoms with Crippen molar-refractivity contribution >= 4 is 11.8 Å². The number of para-hydroxylation sites is 1. The van der Waals surface area contributed by atoms with Crippen LogP contribution in [0.25, 0.3) is 11.1 Å². The molecule has 1 unspecified atom stereocenters. The number of aliphatic hydroxyl groups excluding tert-OH is 1. The molecule has 1 heterocycles. The van der Waals surface area contributed by atoms with Crippen molar-refractivity contribution in [3.8, 4) is 16.9 Å². The zero-order valence-corrected chi connectivity index (χ0v) is 18.7. The Hall–Kier alpha value is -3.72. The lowest BCUT2D eigenvalue weighted by molar-refractivity contribution is -0.133. The summed E-state index contributed by atoms with van der Waals surface area (Å²) < 4.78 is 5.98. The maximum atomic E-state index is 12.5. The maximum absolute atomic E-state index is 12.5. The number of rotatable bonds is 6. The fraction of sp³-hybridized carbons (Fsp3) is 0.231. The largest absolute Gasteiger partial charge is 0.491 e. The van der Waals surface area contributed by atoms with Crippen molar-refractivity contribution in [2.75, 3.05) is 6.61 Å². The summed E-state index contributed by atoms with van der Waals surface area (Å²) in [7, 11) is 0. The Morgan fingerprint density at radius 1 is 1.00 bits per heavy atom. The average Bonchev–Trinajstić information content (AvgIpc) is 3.09. The number of hydrogen-bond acceptors (Lipinski definition) is 6. The van der Waals surface area contributed by atoms with Crippen molar-refractivity contribution in [3.63, 3.8) is 0 Å². The van der Waals surface area contributed by atoms with Gasteiger partial charge in [-0.05, 0) is 41.8 Å². The van der Waals surface area contributed by atoms with Crippen molar-refractivity contribution < 1.29 is 24.6 Å². The standard InChI is InChI=1S/C26H27N3O5/c1-16(30)24(26(32)29-33)28-25(31)20-12-8-18(9-13-20)17-6-10-19(11-7-17)22-15-34-23-5-3-2-4-21(23)14-27-22/h2-13,16,22,24,27,30,33H,14-15H2,1H3,(H,28,31)(H,29,32)/t16-,22?,24+/m1/s1. The summed E-state index contributed by atoms with van der Waals surface area (Å²) in [6, 6.07) is 21.9. The van der Waals surface area contributed by atoms with Crippen LogP contribution in [0, 0.1) is 0 Å². The van der Waals surface area contributed by atoms with E-state index in [1.807, 2.05) is 42.5 Å². The van der Waals surface area contributed by atoms with Crippen molar-refractivity contribution in [1.82, 2.24) is 16.1 Å². The summed E-state index contributed by atoms with van der Waals surface area (Å²) in [6.45, 7) is 2.63. The Bertz CT molecular complexity index is 1120. The number of benzene rings is 3. The third-order valence-corrected chi connectivity index (χ3v) is 5.87. The molecule has 0 saturated heterocycles. The average molecular weight is 462 g/mol. The summed E-state index contributed by atoms with van der Waals surface area (Å²) in [4.78, 5) is 24.1. The Kier molecular flexibility index (Phi) is 7.22. The molecule has 8 heteroatoms. The lowest BCUT2D eigenvalue weighted by Gasteiger charge is -2.19. The zero-order valence-electron chi connectivity index (χ0n) is 18.7. The second-order valence-electron chi connectivity index (χ2n) is 8.22. The predicted octanol–water partition coefficient (Wildman–Crippen LogP) is 2.56. The van der Waals surface area contributed by atoms with Gasteiger partial charge in [0.15, 0.2) is 0 Å². The van der Waals surface area contributed by atoms with E-state index in [9.17, 15) is 14.7 Å². The van der Waals surface area contributed by atoms with Gasteiger partial charge in [0.05, 0.1) is 12.1 Å². The van der Waals surface area contributed by atoms with Crippen LogP contribution in [0.4, 0.5) is 0 Å². The Morgan fingerprint density at radius 2 is 1.65 bits per heavy atom. The van der Waals surface area contributed by atoms with Crippen LogP contribution in [0.2, 0.25) is 0 Å². The topological polar surface area (TPSA) is 120 Å². The van der Waals surface area contributed by atoms with E-state index in [0.717, 1.165) is 34.5 Å². The molecule has 3 atom stereocenters. The first-order valence-electron chi connectivity index (χ1n) is 11.0. The summed E-state index contributed by atoms with van der Waals surface area (Å²) in [5.74, 6) is -0.510. The van der Waals surface area contributed by atoms with E-state index in [0.29, 0.717) is 12.2 Å². The van der Waals surface area contributed by atoms with E-state index in [1.54, 1.807) is 12.1 Å². The van der Waals surface area contributed by atoms with Crippen molar-refractivity contribution in [3.05, 3.63) is 89.5 Å². The molecule has 1 aliphatic rings. The molecule has 8 nitrogen and oxygen atoms in total. The van der Waals surface area contributed by atoms with Crippen molar-refractivity contribution in [1.29, 1.82) is 0 Å². The molecule has 176 valence electrons. The van der Waals surface area contributed by atoms with Crippen LogP contribution in [0.3, 0.4) is 0 Å². The third-order valence-electron chi connectivity index (χ3n) is 5.87. The van der Waals surface area contributed by atoms with Crippen LogP contribution < -0.4 is 20.9 Å². The van der Waals surface area contributed by atoms with Gasteiger partial charge in [-0.2, -0.15) is 0 Å². The molecule has 0 saturated carbocycles. The predicted molar refractivity (Wildman–Crippen MR) is 126 cm³/mol. The van der Waals surface area contributed by atoms with Gasteiger partial charge in [-0.25, -0.2) is 5.48 Å². The van der Waals surface area contributed by atoms with Gasteiger partial charge in [0, 0.05) is 17.7 Å². The molecule has 0 fully saturated rings. The molecule has 0 radical (unpaired) electrons. The van der Waals surface area contributed by atoms with E-state index >= 15 is 0 Å². The number of nitrogens with one attached hydrogen (secondary N) is 3. The fourth-order valence-electron chi connectivity index (χ4n) is 3.89. The molecule has 1 aliphatic heterocycles. The number of amides is 2. The molecule has 0 aliphatic carbocycles. The lowest BCUT2D eigenvalue weighted by Crippen LogP contribution is -2.51. The zero-order chi connectivity index (χ0) is 24.1. The van der Waals surface area contributed by atoms with Gasteiger partial charge in [-0.15, -0.1) is 0 Å². The first kappa shape index (κ1) is 23.4. The van der Waals surface area contributed by atoms with Gasteiger partial charge in [-0.1, -0.05) is 54.6 Å². The molecular formula is C26H27N3O5. The maximum Gasteiger partial charge on any atom is 0.268 e. The van der Waals surface area contributed by atoms with Crippen LogP contribution in [-0.4, -0.2) is 40.9 Å². The van der Waals surface area contributed by atoms with Crippen LogP contribution in [-0.2, 0) is 11.3 Å². The molecule has 4 rings (SSSR count). The number of hydroxylamine groups is 1. The Labute approximate surface area is 197 Å². The van der Waals surface area contributed by atoms with Gasteiger partial charge < -0.3 is 20.5 Å². The Balaban J connectivity index is 1.41. The van der Waals surface area contributed by atoms with Crippen LogP contribution in [0.15, 0.2) is 72.8 Å². The molecular weight excluding hydrogens is 434 g/mol. The highest BCUT2D eigenvalue weighted by molar-refractivity contribution is 5.97. The minimum absolute atomic E-state index is 0.0745. The molecule has 3 aromatic rings. The quantitative estimate of drug-likeness (QED) is 0.284. The minimum atomic E-state index is -1.26. The number of hydrogen-bond donors (Lipinski definition) is 5. The highest BCUT2D eigenvalue weighted by Gasteiger charge is 2.25. The SMILES string of the molecule is C[C@@H](O)[C@H](NC(=O)c1ccc(-c2ccc(C3COc4ccccc4CN3)cc2)cc1)C(=O)NO. The first-order valence-corrected chi connectivity index (χ1v) is 11.0. The second-order valence-corrected chi connectivity index (χ2v) is 8.22. The number of carbonyl (C=O) groups excluding carboxylic acids is 2. The van der Waals surface area contributed by atoms with E-state index in [2.05, 4.69) is 28.8 Å². The van der Waals surface area contributed by atoms with Gasteiger partial charge >= 0.3 is 0 Å². The monoisotopic (exact) mass is 461 g/mol. The molecule has 34 heavy (non-hydrogen) atoms. The van der Waals surface area contributed by atoms with E-state index in [1.165, 1.54) is 12.4 Å². The van der Waals surface area contributed by atoms with Crippen molar-refractivity contribution in [2.24, 2.45) is 0 Å². The Morgan fingerprint density at radius 3 is 2.29 bits per heavy atom. The molecule has 2 amide bonds. The number of aliphatic hydroxyl groups is 1. The molecule has 0 bridgehead atoms. The summed E-state index contributed by atoms with van der Waals surface area (Å²) >= 11 is 0. The lowest BCUT2D eigenvalue weighted by atomic mass is 10.00. The summed E-state index contributed by atoms with van der Waals surface area (Å²) in [5.41, 5.74) is 5.97. The number of carbonyl (C=O) groups is 2. The van der Waals surface area contributed by atoms with Gasteiger partial charge in [0.25, 0.3) is 11.8 Å². The van der Waals surface area contributed by atoms with Crippen LogP contribution in [0.5, 0.6) is 5.75 Å². The molecule has 0 spiro atoms. The van der Waals surface area contributed by atoms with Gasteiger partial charge in [0.2, 0.25) is 0 Å². The van der Waals surface area contributed by atoms with Crippen LogP contribution in [0.1, 0.15) is 34.5 Å². The summed E-state index contributed by atoms with van der Waals surface area (Å²) in [6.07, 6.45) is -1.17. The van der Waals surface area contributed by atoms with E-state index in [-0.39, 0.29) is 6.04 Å². The first-order chi connectivity index (χ1) is 16.5. The van der Waals surface area contributed by atoms with Gasteiger partial charge in [-0.3, -0.25) is 14.8 Å². The molecule has 3 aromatic carbocycles. The minimum Gasteiger partial charge on any atom is -0.491 e. The molecule has 0 aromatic heterocycles. The third kappa shape index (κ3) is 5.26. The van der Waals surface area contributed by atoms with Crippen LogP contribution >= 0.6 is 0 Å². The number of fused-ring (bicyclic) bond motifs is 1. The summed E-state index contributed by atoms with van der Waals surface area (Å²) in [5, 5.41) is 24.4. The smallest absolute Gasteiger partial charge is 0.268 e. The normalized spacial score (nSPS) is 16.9. The fourth-order valence-corrected chi connectivity index (χ4v) is 3.89.